The summed E-state index contributed by atoms with van der Waals surface area (Å²) in [5.41, 5.74) is 3.61. The number of esters is 2. The molecular formula is C25H36O4. The molecule has 29 heavy (non-hydrogen) atoms. The van der Waals surface area contributed by atoms with Gasteiger partial charge < -0.3 is 9.47 Å². The van der Waals surface area contributed by atoms with Crippen molar-refractivity contribution >= 4 is 11.9 Å². The van der Waals surface area contributed by atoms with E-state index in [0.717, 1.165) is 16.7 Å². The zero-order valence-electron chi connectivity index (χ0n) is 19.3. The molecule has 2 rings (SSSR count). The van der Waals surface area contributed by atoms with Gasteiger partial charge in [0.1, 0.15) is 0 Å². The molecule has 0 saturated heterocycles. The maximum atomic E-state index is 12.4. The summed E-state index contributed by atoms with van der Waals surface area (Å²) in [5, 5.41) is 0. The number of hydrogen-bond acceptors (Lipinski definition) is 4. The first-order valence-corrected chi connectivity index (χ1v) is 10.4. The van der Waals surface area contributed by atoms with Crippen molar-refractivity contribution in [3.8, 4) is 11.1 Å². The number of benzene rings is 2. The summed E-state index contributed by atoms with van der Waals surface area (Å²) in [6, 6.07) is 12.7. The molecule has 0 N–H and O–H groups in total. The predicted octanol–water partition coefficient (Wildman–Crippen LogP) is 6.84. The molecule has 2 aromatic carbocycles. The van der Waals surface area contributed by atoms with Crippen molar-refractivity contribution in [1.29, 1.82) is 0 Å². The Bertz CT molecular complexity index is 759. The molecule has 0 aromatic heterocycles. The van der Waals surface area contributed by atoms with E-state index in [2.05, 4.69) is 0 Å². The van der Waals surface area contributed by atoms with Gasteiger partial charge in [-0.2, -0.15) is 0 Å². The summed E-state index contributed by atoms with van der Waals surface area (Å²) in [6.07, 6.45) is -0.351. The predicted molar refractivity (Wildman–Crippen MR) is 120 cm³/mol. The smallest absolute Gasteiger partial charge is 0.339 e. The second kappa shape index (κ2) is 13.5. The first-order valence-electron chi connectivity index (χ1n) is 10.4. The van der Waals surface area contributed by atoms with E-state index in [9.17, 15) is 9.59 Å². The molecule has 0 amide bonds. The second-order valence-electron chi connectivity index (χ2n) is 6.53. The Morgan fingerprint density at radius 3 is 1.69 bits per heavy atom. The lowest BCUT2D eigenvalue weighted by atomic mass is 9.97. The second-order valence-corrected chi connectivity index (χ2v) is 6.53. The molecule has 0 aliphatic heterocycles. The van der Waals surface area contributed by atoms with Gasteiger partial charge in [0.15, 0.2) is 0 Å². The van der Waals surface area contributed by atoms with Crippen LogP contribution in [-0.2, 0) is 9.47 Å². The molecule has 0 saturated carbocycles. The average Bonchev–Trinajstić information content (AvgIpc) is 2.70. The van der Waals surface area contributed by atoms with Gasteiger partial charge in [0.2, 0.25) is 0 Å². The first-order chi connectivity index (χ1) is 13.8. The van der Waals surface area contributed by atoms with Crippen LogP contribution in [0.25, 0.3) is 11.1 Å². The maximum Gasteiger partial charge on any atom is 0.339 e. The van der Waals surface area contributed by atoms with Crippen LogP contribution in [0.3, 0.4) is 0 Å². The Labute approximate surface area is 176 Å². The third-order valence-corrected chi connectivity index (χ3v) is 3.51. The van der Waals surface area contributed by atoms with E-state index in [4.69, 9.17) is 9.47 Å². The molecule has 2 aromatic rings. The van der Waals surface area contributed by atoms with E-state index < -0.39 is 0 Å². The summed E-state index contributed by atoms with van der Waals surface area (Å²) in [5.74, 6) is -0.707. The number of rotatable bonds is 5. The Hall–Kier alpha value is -2.62. The number of hydrogen-bond donors (Lipinski definition) is 0. The lowest BCUT2D eigenvalue weighted by molar-refractivity contribution is 0.0367. The van der Waals surface area contributed by atoms with E-state index in [-0.39, 0.29) is 24.1 Å². The van der Waals surface area contributed by atoms with E-state index in [1.54, 1.807) is 12.1 Å². The summed E-state index contributed by atoms with van der Waals surface area (Å²) >= 11 is 0. The Balaban J connectivity index is 0.00000184. The highest BCUT2D eigenvalue weighted by molar-refractivity contribution is 5.98. The molecule has 0 aliphatic carbocycles. The zero-order chi connectivity index (χ0) is 22.6. The molecule has 0 bridgehead atoms. The van der Waals surface area contributed by atoms with Gasteiger partial charge in [-0.1, -0.05) is 57.5 Å². The van der Waals surface area contributed by atoms with Crippen LogP contribution in [0.2, 0.25) is 0 Å². The molecule has 0 atom stereocenters. The van der Waals surface area contributed by atoms with Gasteiger partial charge in [-0.25, -0.2) is 9.59 Å². The number of carbonyl (C=O) groups excluding carboxylic acids is 2. The first kappa shape index (κ1) is 26.4. The molecule has 0 spiro atoms. The van der Waals surface area contributed by atoms with Crippen LogP contribution in [0.5, 0.6) is 0 Å². The largest absolute Gasteiger partial charge is 0.459 e. The van der Waals surface area contributed by atoms with Crippen LogP contribution in [0, 0.1) is 6.92 Å². The van der Waals surface area contributed by atoms with Crippen molar-refractivity contribution in [3.63, 3.8) is 0 Å². The van der Waals surface area contributed by atoms with Crippen molar-refractivity contribution < 1.29 is 19.1 Å². The highest BCUT2D eigenvalue weighted by atomic mass is 16.5. The fourth-order valence-electron chi connectivity index (χ4n) is 2.42. The van der Waals surface area contributed by atoms with Crippen LogP contribution < -0.4 is 0 Å². The third kappa shape index (κ3) is 8.51. The van der Waals surface area contributed by atoms with Crippen LogP contribution in [0.15, 0.2) is 42.5 Å². The normalized spacial score (nSPS) is 9.76. The molecule has 4 nitrogen and oxygen atoms in total. The van der Waals surface area contributed by atoms with Crippen molar-refractivity contribution in [2.75, 3.05) is 0 Å². The summed E-state index contributed by atoms with van der Waals surface area (Å²) < 4.78 is 10.5. The lowest BCUT2D eigenvalue weighted by Crippen LogP contribution is -2.13. The van der Waals surface area contributed by atoms with Crippen molar-refractivity contribution in [1.82, 2.24) is 0 Å². The molecule has 0 unspecified atom stereocenters. The zero-order valence-corrected chi connectivity index (χ0v) is 19.3. The van der Waals surface area contributed by atoms with Crippen LogP contribution >= 0.6 is 0 Å². The summed E-state index contributed by atoms with van der Waals surface area (Å²) in [7, 11) is 0. The van der Waals surface area contributed by atoms with Gasteiger partial charge in [0.25, 0.3) is 0 Å². The third-order valence-electron chi connectivity index (χ3n) is 3.51. The van der Waals surface area contributed by atoms with Crippen LogP contribution in [0.1, 0.15) is 81.7 Å². The topological polar surface area (TPSA) is 52.6 Å². The molecule has 0 heterocycles. The fourth-order valence-corrected chi connectivity index (χ4v) is 2.42. The Morgan fingerprint density at radius 1 is 0.724 bits per heavy atom. The quantitative estimate of drug-likeness (QED) is 0.515. The van der Waals surface area contributed by atoms with Crippen molar-refractivity contribution in [2.45, 2.75) is 74.5 Å². The highest BCUT2D eigenvalue weighted by Gasteiger charge is 2.16. The molecule has 0 aliphatic rings. The SMILES string of the molecule is CC.CC.Cc1ccc(-c2ccc(C(=O)OC(C)C)cc2)c(C(=O)OC(C)C)c1. The van der Waals surface area contributed by atoms with Gasteiger partial charge in [-0.3, -0.25) is 0 Å². The van der Waals surface area contributed by atoms with Crippen LogP contribution in [-0.4, -0.2) is 24.1 Å². The van der Waals surface area contributed by atoms with Gasteiger partial charge in [-0.05, 0) is 63.9 Å². The van der Waals surface area contributed by atoms with Gasteiger partial charge in [-0.15, -0.1) is 0 Å². The summed E-state index contributed by atoms with van der Waals surface area (Å²) in [6.45, 7) is 17.2. The number of ether oxygens (including phenoxy) is 2. The maximum absolute atomic E-state index is 12.4. The highest BCUT2D eigenvalue weighted by Crippen LogP contribution is 2.26. The Morgan fingerprint density at radius 2 is 1.21 bits per heavy atom. The van der Waals surface area contributed by atoms with E-state index in [1.165, 1.54) is 0 Å². The van der Waals surface area contributed by atoms with Crippen LogP contribution in [0.4, 0.5) is 0 Å². The van der Waals surface area contributed by atoms with E-state index >= 15 is 0 Å². The molecule has 0 fully saturated rings. The fraction of sp³-hybridized carbons (Fsp3) is 0.440. The van der Waals surface area contributed by atoms with Gasteiger partial charge in [0, 0.05) is 0 Å². The molecule has 160 valence electrons. The molecular weight excluding hydrogens is 364 g/mol. The Kier molecular flexibility index (Phi) is 12.3. The molecule has 4 heteroatoms. The van der Waals surface area contributed by atoms with E-state index in [1.807, 2.05) is 92.6 Å². The monoisotopic (exact) mass is 400 g/mol. The van der Waals surface area contributed by atoms with Gasteiger partial charge >= 0.3 is 11.9 Å². The minimum atomic E-state index is -0.357. The van der Waals surface area contributed by atoms with Crippen molar-refractivity contribution in [2.24, 2.45) is 0 Å². The van der Waals surface area contributed by atoms with Crippen molar-refractivity contribution in [3.05, 3.63) is 59.2 Å². The summed E-state index contributed by atoms with van der Waals surface area (Å²) in [4.78, 5) is 24.3. The minimum absolute atomic E-state index is 0.165. The molecule has 0 radical (unpaired) electrons. The standard InChI is InChI=1S/C21H24O4.2C2H6/c1-13(2)24-20(22)17-9-7-16(8-10-17)18-11-6-15(5)12-19(18)21(23)25-14(3)4;2*1-2/h6-14H,1-5H3;2*1-2H3. The van der Waals surface area contributed by atoms with E-state index in [0.29, 0.717) is 11.1 Å². The average molecular weight is 401 g/mol. The van der Waals surface area contributed by atoms with Gasteiger partial charge in [0.05, 0.1) is 23.3 Å². The minimum Gasteiger partial charge on any atom is -0.459 e. The lowest BCUT2D eigenvalue weighted by Gasteiger charge is -2.13. The number of aryl methyl sites for hydroxylation is 1. The number of carbonyl (C=O) groups is 2.